The molecule has 1 aromatic carbocycles. The van der Waals surface area contributed by atoms with E-state index in [0.29, 0.717) is 17.9 Å². The first-order valence-corrected chi connectivity index (χ1v) is 12.8. The molecule has 2 unspecified atom stereocenters. The van der Waals surface area contributed by atoms with E-state index in [1.54, 1.807) is 11.8 Å². The molecule has 5 rings (SSSR count). The molecule has 2 atom stereocenters. The van der Waals surface area contributed by atoms with Gasteiger partial charge in [0.25, 0.3) is 5.91 Å². The van der Waals surface area contributed by atoms with Gasteiger partial charge in [-0.25, -0.2) is 9.97 Å². The lowest BCUT2D eigenvalue weighted by Gasteiger charge is -2.36. The Hall–Kier alpha value is -3.36. The summed E-state index contributed by atoms with van der Waals surface area (Å²) in [6.07, 6.45) is 6.22. The topological polar surface area (TPSA) is 71.8 Å². The van der Waals surface area contributed by atoms with Crippen molar-refractivity contribution < 1.29 is 9.53 Å². The van der Waals surface area contributed by atoms with Crippen molar-refractivity contribution in [1.82, 2.24) is 19.7 Å². The Morgan fingerprint density at radius 3 is 2.66 bits per heavy atom. The van der Waals surface area contributed by atoms with Crippen molar-refractivity contribution in [2.45, 2.75) is 43.2 Å². The number of ether oxygens (including phenoxy) is 1. The highest BCUT2D eigenvalue weighted by molar-refractivity contribution is 7.98. The number of nitrogens with one attached hydrogen (secondary N) is 1. The summed E-state index contributed by atoms with van der Waals surface area (Å²) < 4.78 is 7.82. The minimum Gasteiger partial charge on any atom is -0.372 e. The number of anilines is 1. The molecule has 0 bridgehead atoms. The zero-order chi connectivity index (χ0) is 24.2. The highest BCUT2D eigenvalue weighted by Gasteiger charge is 2.23. The van der Waals surface area contributed by atoms with Crippen molar-refractivity contribution in [1.29, 1.82) is 0 Å². The van der Waals surface area contributed by atoms with E-state index in [9.17, 15) is 4.79 Å². The molecular formula is C27H29N5O2S. The van der Waals surface area contributed by atoms with Gasteiger partial charge in [-0.15, -0.1) is 11.8 Å². The maximum absolute atomic E-state index is 13.0. The average Bonchev–Trinajstić information content (AvgIpc) is 3.29. The molecule has 4 aromatic rings. The molecule has 3 aromatic heterocycles. The summed E-state index contributed by atoms with van der Waals surface area (Å²) >= 11 is 1.62. The van der Waals surface area contributed by atoms with Gasteiger partial charge in [0.1, 0.15) is 11.5 Å². The first-order chi connectivity index (χ1) is 17.0. The summed E-state index contributed by atoms with van der Waals surface area (Å²) in [5.74, 6) is 1.54. The van der Waals surface area contributed by atoms with Crippen molar-refractivity contribution in [2.75, 3.05) is 18.0 Å². The third kappa shape index (κ3) is 5.66. The Kier molecular flexibility index (Phi) is 7.01. The van der Waals surface area contributed by atoms with E-state index in [1.165, 1.54) is 0 Å². The molecule has 0 spiro atoms. The second-order valence-electron chi connectivity index (χ2n) is 8.85. The largest absolute Gasteiger partial charge is 0.372 e. The molecule has 0 aliphatic carbocycles. The van der Waals surface area contributed by atoms with Crippen LogP contribution in [0.15, 0.2) is 78.1 Å². The molecule has 1 aliphatic rings. The van der Waals surface area contributed by atoms with Crippen LogP contribution in [0.3, 0.4) is 0 Å². The average molecular weight is 488 g/mol. The van der Waals surface area contributed by atoms with Crippen molar-refractivity contribution in [3.8, 4) is 0 Å². The third-order valence-electron chi connectivity index (χ3n) is 5.93. The molecule has 8 heteroatoms. The van der Waals surface area contributed by atoms with Crippen molar-refractivity contribution in [3.05, 3.63) is 90.0 Å². The Labute approximate surface area is 209 Å². The van der Waals surface area contributed by atoms with Crippen LogP contribution in [-0.2, 0) is 17.0 Å². The summed E-state index contributed by atoms with van der Waals surface area (Å²) in [4.78, 5) is 25.5. The smallest absolute Gasteiger partial charge is 0.252 e. The zero-order valence-corrected chi connectivity index (χ0v) is 20.7. The normalized spacial score (nSPS) is 18.1. The van der Waals surface area contributed by atoms with Crippen molar-refractivity contribution in [2.24, 2.45) is 0 Å². The first-order valence-electron chi connectivity index (χ1n) is 11.8. The van der Waals surface area contributed by atoms with Gasteiger partial charge in [0.15, 0.2) is 0 Å². The van der Waals surface area contributed by atoms with Crippen LogP contribution in [0, 0.1) is 0 Å². The number of morpholine rings is 1. The van der Waals surface area contributed by atoms with Crippen LogP contribution in [0.2, 0.25) is 0 Å². The molecule has 0 radical (unpaired) electrons. The SMILES string of the molecule is CC1CN(c2ccc(CNC(=O)c3ccccc3SCc3cn4ccccc4n3)cn2)CC(C)O1. The summed E-state index contributed by atoms with van der Waals surface area (Å²) in [5.41, 5.74) is 3.53. The molecule has 1 saturated heterocycles. The fraction of sp³-hybridized carbons (Fsp3) is 0.296. The predicted molar refractivity (Wildman–Crippen MR) is 139 cm³/mol. The molecule has 1 aliphatic heterocycles. The number of carbonyl (C=O) groups is 1. The Balaban J connectivity index is 1.19. The van der Waals surface area contributed by atoms with E-state index in [1.807, 2.05) is 77.6 Å². The summed E-state index contributed by atoms with van der Waals surface area (Å²) in [5, 5.41) is 3.04. The molecule has 7 nitrogen and oxygen atoms in total. The number of pyridine rings is 2. The monoisotopic (exact) mass is 487 g/mol. The molecule has 1 fully saturated rings. The predicted octanol–water partition coefficient (Wildman–Crippen LogP) is 4.57. The number of nitrogens with zero attached hydrogens (tertiary/aromatic N) is 4. The second-order valence-corrected chi connectivity index (χ2v) is 9.87. The summed E-state index contributed by atoms with van der Waals surface area (Å²) in [6, 6.07) is 17.7. The van der Waals surface area contributed by atoms with E-state index >= 15 is 0 Å². The lowest BCUT2D eigenvalue weighted by Crippen LogP contribution is -2.45. The van der Waals surface area contributed by atoms with Crippen LogP contribution >= 0.6 is 11.8 Å². The quantitative estimate of drug-likeness (QED) is 0.385. The van der Waals surface area contributed by atoms with E-state index < -0.39 is 0 Å². The third-order valence-corrected chi connectivity index (χ3v) is 7.03. The second kappa shape index (κ2) is 10.5. The molecule has 4 heterocycles. The number of hydrogen-bond acceptors (Lipinski definition) is 6. The maximum Gasteiger partial charge on any atom is 0.252 e. The highest BCUT2D eigenvalue weighted by Crippen LogP contribution is 2.26. The van der Waals surface area contributed by atoms with Gasteiger partial charge in [0.05, 0.1) is 23.5 Å². The molecular weight excluding hydrogens is 458 g/mol. The fourth-order valence-corrected chi connectivity index (χ4v) is 5.27. The summed E-state index contributed by atoms with van der Waals surface area (Å²) in [7, 11) is 0. The number of carbonyl (C=O) groups excluding carboxylic acids is 1. The zero-order valence-electron chi connectivity index (χ0n) is 19.9. The van der Waals surface area contributed by atoms with Gasteiger partial charge in [-0.3, -0.25) is 4.79 Å². The Bertz CT molecular complexity index is 1260. The molecule has 1 N–H and O–H groups in total. The standard InChI is InChI=1S/C27H29N5O2S/c1-19-15-32(16-20(2)34-19)25-11-10-21(13-28-25)14-29-27(33)23-7-3-4-8-24(23)35-18-22-17-31-12-6-5-9-26(31)30-22/h3-13,17,19-20H,14-16,18H2,1-2H3,(H,29,33). The van der Waals surface area contributed by atoms with Gasteiger partial charge >= 0.3 is 0 Å². The molecule has 180 valence electrons. The number of aromatic nitrogens is 3. The minimum atomic E-state index is -0.0944. The molecule has 0 saturated carbocycles. The van der Waals surface area contributed by atoms with E-state index in [4.69, 9.17) is 4.74 Å². The van der Waals surface area contributed by atoms with Gasteiger partial charge in [-0.2, -0.15) is 0 Å². The Morgan fingerprint density at radius 1 is 1.09 bits per heavy atom. The van der Waals surface area contributed by atoms with Crippen molar-refractivity contribution >= 4 is 29.1 Å². The molecule has 1 amide bonds. The highest BCUT2D eigenvalue weighted by atomic mass is 32.2. The van der Waals surface area contributed by atoms with E-state index in [2.05, 4.69) is 34.0 Å². The van der Waals surface area contributed by atoms with Crippen LogP contribution in [0.25, 0.3) is 5.65 Å². The van der Waals surface area contributed by atoms with E-state index in [-0.39, 0.29) is 18.1 Å². The van der Waals surface area contributed by atoms with Crippen LogP contribution < -0.4 is 10.2 Å². The number of imidazole rings is 1. The minimum absolute atomic E-state index is 0.0944. The number of hydrogen-bond donors (Lipinski definition) is 1. The van der Waals surface area contributed by atoms with E-state index in [0.717, 1.165) is 40.7 Å². The number of fused-ring (bicyclic) bond motifs is 1. The maximum atomic E-state index is 13.0. The van der Waals surface area contributed by atoms with Gasteiger partial charge in [-0.05, 0) is 49.7 Å². The lowest BCUT2D eigenvalue weighted by molar-refractivity contribution is -0.00546. The summed E-state index contributed by atoms with van der Waals surface area (Å²) in [6.45, 7) is 6.25. The van der Waals surface area contributed by atoms with Gasteiger partial charge in [-0.1, -0.05) is 24.3 Å². The number of thioether (sulfide) groups is 1. The van der Waals surface area contributed by atoms with Crippen LogP contribution in [0.4, 0.5) is 5.82 Å². The number of amides is 1. The lowest BCUT2D eigenvalue weighted by atomic mass is 10.2. The Morgan fingerprint density at radius 2 is 1.89 bits per heavy atom. The van der Waals surface area contributed by atoms with Crippen molar-refractivity contribution in [3.63, 3.8) is 0 Å². The molecule has 35 heavy (non-hydrogen) atoms. The van der Waals surface area contributed by atoms with Gasteiger partial charge in [0, 0.05) is 48.9 Å². The van der Waals surface area contributed by atoms with Gasteiger partial charge in [0.2, 0.25) is 0 Å². The van der Waals surface area contributed by atoms with Gasteiger partial charge < -0.3 is 19.4 Å². The van der Waals surface area contributed by atoms with Crippen LogP contribution in [0.5, 0.6) is 0 Å². The first kappa shape index (κ1) is 23.4. The van der Waals surface area contributed by atoms with Crippen LogP contribution in [0.1, 0.15) is 35.5 Å². The number of benzene rings is 1. The number of rotatable bonds is 7. The van der Waals surface area contributed by atoms with Crippen LogP contribution in [-0.4, -0.2) is 45.6 Å². The fourth-order valence-electron chi connectivity index (χ4n) is 4.34.